The normalized spacial score (nSPS) is 25.4. The van der Waals surface area contributed by atoms with E-state index in [1.54, 1.807) is 6.07 Å². The van der Waals surface area contributed by atoms with E-state index in [4.69, 9.17) is 16.3 Å². The summed E-state index contributed by atoms with van der Waals surface area (Å²) in [4.78, 5) is 0. The summed E-state index contributed by atoms with van der Waals surface area (Å²) in [5, 5.41) is 3.39. The summed E-state index contributed by atoms with van der Waals surface area (Å²) in [5.41, 5.74) is 3.48. The van der Waals surface area contributed by atoms with Crippen LogP contribution >= 0.6 is 11.6 Å². The lowest BCUT2D eigenvalue weighted by Gasteiger charge is -2.27. The van der Waals surface area contributed by atoms with Crippen LogP contribution in [0.3, 0.4) is 0 Å². The molecule has 24 heavy (non-hydrogen) atoms. The molecular formula is C18H17ClF2N2O. The van der Waals surface area contributed by atoms with E-state index in [9.17, 15) is 8.78 Å². The minimum atomic E-state index is -3.08. The second kappa shape index (κ2) is 5.60. The summed E-state index contributed by atoms with van der Waals surface area (Å²) in [6, 6.07) is 9.21. The van der Waals surface area contributed by atoms with Gasteiger partial charge in [-0.1, -0.05) is 18.7 Å². The van der Waals surface area contributed by atoms with Crippen molar-refractivity contribution in [3.63, 3.8) is 0 Å². The number of nitrogens with one attached hydrogen (secondary N) is 1. The quantitative estimate of drug-likeness (QED) is 0.604. The molecule has 1 N–H and O–H groups in total. The lowest BCUT2D eigenvalue weighted by molar-refractivity contribution is -0.187. The maximum Gasteiger partial charge on any atom is 0.398 e. The van der Waals surface area contributed by atoms with Crippen LogP contribution in [0.15, 0.2) is 43.1 Å². The number of aromatic nitrogens is 1. The third kappa shape index (κ3) is 2.72. The zero-order chi connectivity index (χ0) is 16.9. The van der Waals surface area contributed by atoms with Crippen LogP contribution < -0.4 is 10.1 Å². The maximum absolute atomic E-state index is 13.4. The van der Waals surface area contributed by atoms with Gasteiger partial charge in [-0.2, -0.15) is 8.78 Å². The van der Waals surface area contributed by atoms with Gasteiger partial charge in [0, 0.05) is 24.0 Å². The van der Waals surface area contributed by atoms with E-state index >= 15 is 0 Å². The maximum atomic E-state index is 13.4. The first-order chi connectivity index (χ1) is 11.4. The van der Waals surface area contributed by atoms with Crippen molar-refractivity contribution in [2.24, 2.45) is 0 Å². The third-order valence-corrected chi connectivity index (χ3v) is 4.82. The van der Waals surface area contributed by atoms with Crippen LogP contribution in [0.1, 0.15) is 35.7 Å². The fourth-order valence-corrected chi connectivity index (χ4v) is 3.68. The highest BCUT2D eigenvalue weighted by Crippen LogP contribution is 2.38. The number of fused-ring (bicyclic) bond motifs is 2. The number of nitrogens with zero attached hydrogens (tertiary/aromatic N) is 1. The monoisotopic (exact) mass is 350 g/mol. The number of aryl methyl sites for hydroxylation is 1. The fraction of sp³-hybridized carbons (Fsp3) is 0.333. The van der Waals surface area contributed by atoms with Crippen LogP contribution in [0.2, 0.25) is 0 Å². The van der Waals surface area contributed by atoms with Gasteiger partial charge in [0.05, 0.1) is 18.0 Å². The summed E-state index contributed by atoms with van der Waals surface area (Å²) in [5.74, 6) is 0.255. The van der Waals surface area contributed by atoms with Gasteiger partial charge in [-0.25, -0.2) is 0 Å². The smallest absolute Gasteiger partial charge is 0.398 e. The molecule has 2 aromatic rings. The highest BCUT2D eigenvalue weighted by molar-refractivity contribution is 6.20. The number of alkyl halides is 3. The van der Waals surface area contributed by atoms with E-state index in [1.807, 2.05) is 35.0 Å². The molecule has 1 aromatic carbocycles. The van der Waals surface area contributed by atoms with Crippen molar-refractivity contribution in [1.82, 2.24) is 9.88 Å². The predicted molar refractivity (Wildman–Crippen MR) is 89.3 cm³/mol. The highest BCUT2D eigenvalue weighted by atomic mass is 35.5. The zero-order valence-corrected chi connectivity index (χ0v) is 13.7. The first kappa shape index (κ1) is 15.7. The SMILES string of the molecule is C=C1CC(Cl)NC(c2ccc3c(c2)CCC(F)(F)O3)c2cccn21. The van der Waals surface area contributed by atoms with Gasteiger partial charge in [0.25, 0.3) is 0 Å². The molecule has 0 aliphatic carbocycles. The van der Waals surface area contributed by atoms with Gasteiger partial charge in [-0.3, -0.25) is 5.32 Å². The van der Waals surface area contributed by atoms with Crippen LogP contribution in [0.5, 0.6) is 5.75 Å². The Hall–Kier alpha value is -1.85. The highest BCUT2D eigenvalue weighted by Gasteiger charge is 2.36. The average Bonchev–Trinajstić information content (AvgIpc) is 2.96. The number of ether oxygens (including phenoxy) is 1. The molecule has 0 amide bonds. The van der Waals surface area contributed by atoms with E-state index < -0.39 is 6.11 Å². The van der Waals surface area contributed by atoms with E-state index in [0.29, 0.717) is 12.8 Å². The number of halogens is 3. The van der Waals surface area contributed by atoms with Crippen molar-refractivity contribution in [1.29, 1.82) is 0 Å². The zero-order valence-electron chi connectivity index (χ0n) is 12.9. The minimum Gasteiger partial charge on any atom is -0.432 e. The molecule has 0 saturated carbocycles. The van der Waals surface area contributed by atoms with Crippen molar-refractivity contribution >= 4 is 17.3 Å². The Morgan fingerprint density at radius 1 is 1.33 bits per heavy atom. The van der Waals surface area contributed by atoms with Gasteiger partial charge in [0.2, 0.25) is 0 Å². The summed E-state index contributed by atoms with van der Waals surface area (Å²) < 4.78 is 33.6. The topological polar surface area (TPSA) is 26.2 Å². The fourth-order valence-electron chi connectivity index (χ4n) is 3.38. The second-order valence-electron chi connectivity index (χ2n) is 6.25. The molecule has 0 saturated heterocycles. The molecule has 6 heteroatoms. The van der Waals surface area contributed by atoms with E-state index in [1.165, 1.54) is 0 Å². The third-order valence-electron chi connectivity index (χ3n) is 4.54. The minimum absolute atomic E-state index is 0.130. The van der Waals surface area contributed by atoms with Crippen LogP contribution in [0.4, 0.5) is 8.78 Å². The standard InChI is InChI=1S/C18H17ClF2N2O/c1-11-9-16(19)22-17(14-3-2-8-23(11)14)13-4-5-15-12(10-13)6-7-18(20,21)24-15/h2-5,8,10,16-17,22H,1,6-7,9H2. The van der Waals surface area contributed by atoms with E-state index in [2.05, 4.69) is 11.9 Å². The number of hydrogen-bond donors (Lipinski definition) is 1. The first-order valence-corrected chi connectivity index (χ1v) is 8.32. The molecule has 3 heterocycles. The molecule has 2 aliphatic heterocycles. The molecule has 1 aromatic heterocycles. The Bertz CT molecular complexity index is 802. The van der Waals surface area contributed by atoms with Gasteiger partial charge in [-0.15, -0.1) is 11.6 Å². The average molecular weight is 351 g/mol. The molecule has 3 nitrogen and oxygen atoms in total. The number of hydrogen-bond acceptors (Lipinski definition) is 2. The van der Waals surface area contributed by atoms with Crippen LogP contribution in [0, 0.1) is 0 Å². The number of benzene rings is 1. The van der Waals surface area contributed by atoms with Gasteiger partial charge in [-0.05, 0) is 35.7 Å². The first-order valence-electron chi connectivity index (χ1n) is 7.88. The molecule has 0 bridgehead atoms. The second-order valence-corrected chi connectivity index (χ2v) is 6.77. The van der Waals surface area contributed by atoms with Crippen molar-refractivity contribution < 1.29 is 13.5 Å². The lowest BCUT2D eigenvalue weighted by atomic mass is 9.97. The predicted octanol–water partition coefficient (Wildman–Crippen LogP) is 4.52. The summed E-state index contributed by atoms with van der Waals surface area (Å²) in [6.07, 6.45) is -0.500. The Morgan fingerprint density at radius 3 is 3.00 bits per heavy atom. The molecular weight excluding hydrogens is 334 g/mol. The van der Waals surface area contributed by atoms with Crippen molar-refractivity contribution in [2.45, 2.75) is 36.9 Å². The molecule has 126 valence electrons. The molecule has 0 radical (unpaired) electrons. The van der Waals surface area contributed by atoms with Gasteiger partial charge >= 0.3 is 6.11 Å². The summed E-state index contributed by atoms with van der Waals surface area (Å²) in [7, 11) is 0. The molecule has 0 fully saturated rings. The Kier molecular flexibility index (Phi) is 3.66. The molecule has 2 atom stereocenters. The van der Waals surface area contributed by atoms with Crippen LogP contribution in [-0.2, 0) is 6.42 Å². The van der Waals surface area contributed by atoms with Crippen molar-refractivity contribution in [3.8, 4) is 5.75 Å². The number of rotatable bonds is 1. The Morgan fingerprint density at radius 2 is 2.17 bits per heavy atom. The Labute approximate surface area is 143 Å². The molecule has 0 spiro atoms. The molecule has 4 rings (SSSR count). The Balaban J connectivity index is 1.74. The van der Waals surface area contributed by atoms with Crippen molar-refractivity contribution in [3.05, 3.63) is 59.9 Å². The largest absolute Gasteiger partial charge is 0.432 e. The van der Waals surface area contributed by atoms with E-state index in [-0.39, 0.29) is 23.7 Å². The van der Waals surface area contributed by atoms with Gasteiger partial charge < -0.3 is 9.30 Å². The van der Waals surface area contributed by atoms with Crippen LogP contribution in [0.25, 0.3) is 5.70 Å². The van der Waals surface area contributed by atoms with Crippen molar-refractivity contribution in [2.75, 3.05) is 0 Å². The lowest BCUT2D eigenvalue weighted by Crippen LogP contribution is -2.30. The van der Waals surface area contributed by atoms with Gasteiger partial charge in [0.1, 0.15) is 5.75 Å². The summed E-state index contributed by atoms with van der Waals surface area (Å²) in [6.45, 7) is 4.09. The van der Waals surface area contributed by atoms with Crippen LogP contribution in [-0.4, -0.2) is 16.2 Å². The summed E-state index contributed by atoms with van der Waals surface area (Å²) >= 11 is 6.38. The van der Waals surface area contributed by atoms with Gasteiger partial charge in [0.15, 0.2) is 0 Å². The molecule has 2 unspecified atom stereocenters. The van der Waals surface area contributed by atoms with E-state index in [0.717, 1.165) is 22.5 Å². The molecule has 2 aliphatic rings.